The normalized spacial score (nSPS) is 14.3. The zero-order valence-electron chi connectivity index (χ0n) is 68.9. The molecule has 0 amide bonds. The highest BCUT2D eigenvalue weighted by atomic mass is 15.0. The van der Waals surface area contributed by atoms with Crippen molar-refractivity contribution >= 4 is 5.57 Å². The summed E-state index contributed by atoms with van der Waals surface area (Å²) in [4.78, 5) is 15.5. The molecule has 109 heavy (non-hydrogen) atoms. The van der Waals surface area contributed by atoms with E-state index in [4.69, 9.17) is 15.0 Å². The van der Waals surface area contributed by atoms with Crippen molar-refractivity contribution < 1.29 is 0 Å². The molecule has 3 nitrogen and oxygen atoms in total. The van der Waals surface area contributed by atoms with Gasteiger partial charge in [-0.1, -0.05) is 363 Å². The van der Waals surface area contributed by atoms with E-state index in [1.54, 1.807) is 0 Å². The molecule has 2 aliphatic rings. The summed E-state index contributed by atoms with van der Waals surface area (Å²) in [5, 5.41) is 0. The molecule has 1 unspecified atom stereocenters. The molecule has 2 atom stereocenters. The summed E-state index contributed by atoms with van der Waals surface area (Å²) in [7, 11) is 0. The van der Waals surface area contributed by atoms with Crippen molar-refractivity contribution in [2.45, 2.75) is 287 Å². The van der Waals surface area contributed by atoms with Gasteiger partial charge in [-0.2, -0.15) is 0 Å². The van der Waals surface area contributed by atoms with Crippen molar-refractivity contribution in [1.82, 2.24) is 15.0 Å². The summed E-state index contributed by atoms with van der Waals surface area (Å²) in [5.41, 5.74) is 33.8. The van der Waals surface area contributed by atoms with Gasteiger partial charge in [0.1, 0.15) is 0 Å². The SMILES string of the molecule is CCCCCCCCCCCCc1ccc(-c2nc(-c3ccc(C)cc3)nc(-c3ccc(-c4cc(C)c(C5=CC6[C@H](C=C5)c5ccc(-c7c(C)cc(-c8cc(CCCCCC)c(C)cc8CCCCCC)cc7C)cc5C6(c5ccc(CCCCCC)cc5)c5ccc(CCCCCC)cc5)c(C)c4)cc3)n2)cc1. The van der Waals surface area contributed by atoms with Crippen LogP contribution in [0, 0.1) is 47.5 Å². The molecule has 0 fully saturated rings. The number of hydrogen-bond acceptors (Lipinski definition) is 3. The topological polar surface area (TPSA) is 38.7 Å². The van der Waals surface area contributed by atoms with Crippen molar-refractivity contribution in [2.24, 2.45) is 5.92 Å². The van der Waals surface area contributed by atoms with Gasteiger partial charge in [-0.3, -0.25) is 0 Å². The molecule has 2 aliphatic carbocycles. The highest BCUT2D eigenvalue weighted by Crippen LogP contribution is 2.61. The Labute approximate surface area is 659 Å². The van der Waals surface area contributed by atoms with Gasteiger partial charge >= 0.3 is 0 Å². The van der Waals surface area contributed by atoms with Crippen LogP contribution in [0.4, 0.5) is 0 Å². The van der Waals surface area contributed by atoms with E-state index in [1.165, 1.54) is 295 Å². The van der Waals surface area contributed by atoms with Crippen molar-refractivity contribution in [3.63, 3.8) is 0 Å². The first-order valence-corrected chi connectivity index (χ1v) is 43.4. The van der Waals surface area contributed by atoms with Crippen molar-refractivity contribution in [1.29, 1.82) is 0 Å². The predicted octanol–water partition coefficient (Wildman–Crippen LogP) is 30.4. The molecule has 12 rings (SSSR count). The van der Waals surface area contributed by atoms with Gasteiger partial charge in [-0.15, -0.1) is 0 Å². The monoisotopic (exact) mass is 1440 g/mol. The number of unbranched alkanes of at least 4 members (excludes halogenated alkanes) is 21. The van der Waals surface area contributed by atoms with Crippen LogP contribution < -0.4 is 0 Å². The van der Waals surface area contributed by atoms with Gasteiger partial charge < -0.3 is 0 Å². The lowest BCUT2D eigenvalue weighted by atomic mass is 9.62. The number of rotatable bonds is 40. The van der Waals surface area contributed by atoms with Gasteiger partial charge in [0.15, 0.2) is 17.5 Å². The van der Waals surface area contributed by atoms with E-state index in [-0.39, 0.29) is 11.8 Å². The van der Waals surface area contributed by atoms with E-state index in [2.05, 4.69) is 270 Å². The first kappa shape index (κ1) is 80.0. The summed E-state index contributed by atoms with van der Waals surface area (Å²) in [5.74, 6) is 2.34. The number of fused-ring (bicyclic) bond motifs is 3. The van der Waals surface area contributed by atoms with Crippen LogP contribution in [0.5, 0.6) is 0 Å². The molecule has 0 radical (unpaired) electrons. The Hall–Kier alpha value is -8.53. The average Bonchev–Trinajstić information content (AvgIpc) is 1.54. The molecule has 1 heterocycles. The predicted molar refractivity (Wildman–Crippen MR) is 470 cm³/mol. The molecule has 1 aromatic heterocycles. The van der Waals surface area contributed by atoms with Gasteiger partial charge in [0.25, 0.3) is 0 Å². The van der Waals surface area contributed by atoms with Crippen molar-refractivity contribution in [3.8, 4) is 67.5 Å². The van der Waals surface area contributed by atoms with E-state index >= 15 is 0 Å². The third kappa shape index (κ3) is 19.6. The quantitative estimate of drug-likeness (QED) is 0.0359. The fraction of sp³-hybridized carbons (Fsp3) is 0.425. The summed E-state index contributed by atoms with van der Waals surface area (Å²) in [6.07, 6.45) is 47.2. The van der Waals surface area contributed by atoms with E-state index in [0.717, 1.165) is 48.8 Å². The summed E-state index contributed by atoms with van der Waals surface area (Å²) >= 11 is 0. The first-order valence-electron chi connectivity index (χ1n) is 43.4. The Morgan fingerprint density at radius 3 is 1.16 bits per heavy atom. The number of aromatic nitrogens is 3. The average molecular weight is 1450 g/mol. The zero-order chi connectivity index (χ0) is 76.1. The Morgan fingerprint density at radius 2 is 0.679 bits per heavy atom. The molecule has 0 N–H and O–H groups in total. The minimum atomic E-state index is -0.488. The second-order valence-electron chi connectivity index (χ2n) is 33.1. The van der Waals surface area contributed by atoms with Crippen molar-refractivity contribution in [3.05, 3.63) is 283 Å². The van der Waals surface area contributed by atoms with Crippen LogP contribution in [-0.4, -0.2) is 15.0 Å². The zero-order valence-corrected chi connectivity index (χ0v) is 68.9. The van der Waals surface area contributed by atoms with Gasteiger partial charge in [-0.05, 0) is 234 Å². The standard InChI is InChI=1S/C106H129N3/c1-12-17-22-27-28-29-30-31-32-35-40-81-45-53-86(54-46-81)104-107-103(85-51-43-75(6)44-52-85)108-105(109-104)87-57-55-84(56-58-87)92-68-77(8)101(78(9)69-92)90-59-65-96-97-66-60-91(102-79(10)70-93(71-80(102)11)98-72-88(41-36-25-20-15-4)76(7)67-89(98)42-37-26-21-16-5)74-100(97)106(99(96)73-90,94-61-47-82(48-62-94)38-33-23-18-13-2)95-63-49-83(50-64-95)39-34-24-19-14-3/h43-74,96,99H,12-42H2,1-11H3/t96-,99?/m1/s1. The van der Waals surface area contributed by atoms with Crippen molar-refractivity contribution in [2.75, 3.05) is 0 Å². The van der Waals surface area contributed by atoms with Crippen LogP contribution in [0.3, 0.4) is 0 Å². The van der Waals surface area contributed by atoms with Crippen LogP contribution in [0.2, 0.25) is 0 Å². The highest BCUT2D eigenvalue weighted by molar-refractivity contribution is 5.85. The Bertz CT molecular complexity index is 4530. The lowest BCUT2D eigenvalue weighted by Gasteiger charge is -2.40. The number of aryl methyl sites for hydroxylation is 11. The largest absolute Gasteiger partial charge is 0.208 e. The van der Waals surface area contributed by atoms with Gasteiger partial charge in [0.05, 0.1) is 5.41 Å². The summed E-state index contributed by atoms with van der Waals surface area (Å²) in [6.45, 7) is 25.5. The molecule has 9 aromatic carbocycles. The Balaban J connectivity index is 0.891. The molecule has 568 valence electrons. The molecule has 0 aliphatic heterocycles. The third-order valence-electron chi connectivity index (χ3n) is 24.6. The maximum absolute atomic E-state index is 5.22. The van der Waals surface area contributed by atoms with Crippen LogP contribution >= 0.6 is 0 Å². The lowest BCUT2D eigenvalue weighted by Crippen LogP contribution is -2.35. The number of allylic oxidation sites excluding steroid dienone is 4. The summed E-state index contributed by atoms with van der Waals surface area (Å²) in [6, 6.07) is 69.3. The maximum Gasteiger partial charge on any atom is 0.164 e. The van der Waals surface area contributed by atoms with Gasteiger partial charge in [-0.25, -0.2) is 15.0 Å². The van der Waals surface area contributed by atoms with E-state index < -0.39 is 5.41 Å². The number of benzene rings is 9. The van der Waals surface area contributed by atoms with Gasteiger partial charge in [0, 0.05) is 28.5 Å². The second kappa shape index (κ2) is 39.4. The third-order valence-corrected chi connectivity index (χ3v) is 24.6. The van der Waals surface area contributed by atoms with Crippen LogP contribution in [-0.2, 0) is 37.5 Å². The van der Waals surface area contributed by atoms with Gasteiger partial charge in [0.2, 0.25) is 0 Å². The molecule has 0 bridgehead atoms. The minimum Gasteiger partial charge on any atom is -0.208 e. The molecule has 0 saturated carbocycles. The Kier molecular flexibility index (Phi) is 28.9. The Morgan fingerprint density at radius 1 is 0.303 bits per heavy atom. The molecular formula is C106H129N3. The highest BCUT2D eigenvalue weighted by Gasteiger charge is 2.54. The first-order chi connectivity index (χ1) is 53.3. The fourth-order valence-electron chi connectivity index (χ4n) is 18.4. The molecule has 0 spiro atoms. The molecule has 10 aromatic rings. The van der Waals surface area contributed by atoms with Crippen LogP contribution in [0.25, 0.3) is 73.1 Å². The van der Waals surface area contributed by atoms with E-state index in [9.17, 15) is 0 Å². The smallest absolute Gasteiger partial charge is 0.164 e. The van der Waals surface area contributed by atoms with E-state index in [0.29, 0.717) is 17.5 Å². The molecular weight excluding hydrogens is 1320 g/mol. The van der Waals surface area contributed by atoms with Crippen LogP contribution in [0.15, 0.2) is 194 Å². The number of nitrogens with zero attached hydrogens (tertiary/aromatic N) is 3. The molecule has 0 saturated heterocycles. The maximum atomic E-state index is 5.22. The number of hydrogen-bond donors (Lipinski definition) is 0. The minimum absolute atomic E-state index is 0.105. The lowest BCUT2D eigenvalue weighted by molar-refractivity contribution is 0.458. The second-order valence-corrected chi connectivity index (χ2v) is 33.1. The van der Waals surface area contributed by atoms with E-state index in [1.807, 2.05) is 0 Å². The fourth-order valence-corrected chi connectivity index (χ4v) is 18.4. The van der Waals surface area contributed by atoms with Crippen LogP contribution in [0.1, 0.15) is 296 Å². The molecule has 3 heteroatoms. The summed E-state index contributed by atoms with van der Waals surface area (Å²) < 4.78 is 0.